The lowest BCUT2D eigenvalue weighted by molar-refractivity contribution is -0.120. The van der Waals surface area contributed by atoms with Gasteiger partial charge in [-0.3, -0.25) is 4.79 Å². The molecule has 0 aliphatic heterocycles. The van der Waals surface area contributed by atoms with E-state index in [0.717, 1.165) is 28.4 Å². The Morgan fingerprint density at radius 2 is 1.79 bits per heavy atom. The molecular weight excluding hydrogens is 365 g/mol. The van der Waals surface area contributed by atoms with Crippen LogP contribution in [0.5, 0.6) is 5.75 Å². The van der Waals surface area contributed by atoms with Gasteiger partial charge < -0.3 is 10.1 Å². The first-order valence-electron chi connectivity index (χ1n) is 7.50. The van der Waals surface area contributed by atoms with E-state index in [2.05, 4.69) is 5.32 Å². The van der Waals surface area contributed by atoms with Crippen molar-refractivity contribution in [2.24, 2.45) is 0 Å². The third-order valence-corrected chi connectivity index (χ3v) is 5.09. The molecule has 0 saturated heterocycles. The van der Waals surface area contributed by atoms with Gasteiger partial charge in [-0.2, -0.15) is 11.8 Å². The number of rotatable bonds is 8. The quantitative estimate of drug-likeness (QED) is 0.677. The largest absolute Gasteiger partial charge is 0.497 e. The van der Waals surface area contributed by atoms with Crippen molar-refractivity contribution < 1.29 is 9.53 Å². The van der Waals surface area contributed by atoms with E-state index in [1.165, 1.54) is 0 Å². The Balaban J connectivity index is 1.67. The second-order valence-electron chi connectivity index (χ2n) is 5.13. The minimum absolute atomic E-state index is 0.0107. The average molecular weight is 384 g/mol. The molecule has 0 spiro atoms. The molecule has 0 saturated carbocycles. The van der Waals surface area contributed by atoms with Gasteiger partial charge in [0.05, 0.1) is 13.5 Å². The molecule has 0 aliphatic carbocycles. The molecule has 2 aromatic carbocycles. The van der Waals surface area contributed by atoms with Crippen molar-refractivity contribution >= 4 is 40.9 Å². The monoisotopic (exact) mass is 383 g/mol. The highest BCUT2D eigenvalue weighted by Crippen LogP contribution is 2.27. The number of nitrogens with one attached hydrogen (secondary N) is 1. The molecule has 1 N–H and O–H groups in total. The van der Waals surface area contributed by atoms with Crippen LogP contribution in [0.4, 0.5) is 0 Å². The van der Waals surface area contributed by atoms with Gasteiger partial charge in [0.25, 0.3) is 0 Å². The van der Waals surface area contributed by atoms with E-state index in [-0.39, 0.29) is 5.91 Å². The third-order valence-electron chi connectivity index (χ3n) is 3.40. The van der Waals surface area contributed by atoms with Crippen LogP contribution < -0.4 is 10.1 Å². The fourth-order valence-corrected chi connectivity index (χ4v) is 3.69. The molecule has 0 aliphatic rings. The van der Waals surface area contributed by atoms with E-state index in [0.29, 0.717) is 23.0 Å². The summed E-state index contributed by atoms with van der Waals surface area (Å²) in [6.07, 6.45) is 0.366. The van der Waals surface area contributed by atoms with Gasteiger partial charge in [0, 0.05) is 28.1 Å². The molecular formula is C18H19Cl2NO2S. The Morgan fingerprint density at radius 3 is 2.42 bits per heavy atom. The molecule has 3 nitrogen and oxygen atoms in total. The molecule has 0 atom stereocenters. The van der Waals surface area contributed by atoms with Crippen molar-refractivity contribution in [1.82, 2.24) is 5.32 Å². The van der Waals surface area contributed by atoms with Crippen molar-refractivity contribution in [3.63, 3.8) is 0 Å². The van der Waals surface area contributed by atoms with Crippen molar-refractivity contribution in [3.8, 4) is 5.75 Å². The van der Waals surface area contributed by atoms with Crippen LogP contribution in [-0.2, 0) is 17.0 Å². The molecule has 128 valence electrons. The maximum Gasteiger partial charge on any atom is 0.224 e. The summed E-state index contributed by atoms with van der Waals surface area (Å²) >= 11 is 13.9. The smallest absolute Gasteiger partial charge is 0.224 e. The molecule has 0 radical (unpaired) electrons. The first-order valence-corrected chi connectivity index (χ1v) is 9.41. The average Bonchev–Trinajstić information content (AvgIpc) is 2.57. The first-order chi connectivity index (χ1) is 11.6. The van der Waals surface area contributed by atoms with Crippen molar-refractivity contribution in [3.05, 3.63) is 63.6 Å². The summed E-state index contributed by atoms with van der Waals surface area (Å²) in [6, 6.07) is 13.0. The zero-order chi connectivity index (χ0) is 17.4. The van der Waals surface area contributed by atoms with Crippen LogP contribution in [0.1, 0.15) is 11.1 Å². The summed E-state index contributed by atoms with van der Waals surface area (Å²) in [5.41, 5.74) is 1.90. The van der Waals surface area contributed by atoms with Crippen LogP contribution in [0, 0.1) is 0 Å². The second kappa shape index (κ2) is 9.82. The maximum absolute atomic E-state index is 11.9. The summed E-state index contributed by atoms with van der Waals surface area (Å²) in [5, 5.41) is 4.28. The normalized spacial score (nSPS) is 10.5. The Morgan fingerprint density at radius 1 is 1.12 bits per heavy atom. The summed E-state index contributed by atoms with van der Waals surface area (Å²) in [6.45, 7) is 0.613. The van der Waals surface area contributed by atoms with Gasteiger partial charge in [-0.25, -0.2) is 0 Å². The molecule has 2 aromatic rings. The van der Waals surface area contributed by atoms with E-state index in [1.807, 2.05) is 42.5 Å². The maximum atomic E-state index is 11.9. The number of carbonyl (C=O) groups excluding carboxylic acids is 1. The zero-order valence-electron chi connectivity index (χ0n) is 13.4. The molecule has 6 heteroatoms. The fourth-order valence-electron chi connectivity index (χ4n) is 2.10. The Hall–Kier alpha value is -1.36. The van der Waals surface area contributed by atoms with Crippen LogP contribution >= 0.6 is 35.0 Å². The van der Waals surface area contributed by atoms with Crippen molar-refractivity contribution in [1.29, 1.82) is 0 Å². The van der Waals surface area contributed by atoms with E-state index in [4.69, 9.17) is 27.9 Å². The van der Waals surface area contributed by atoms with E-state index in [9.17, 15) is 4.79 Å². The number of halogens is 2. The molecule has 0 unspecified atom stereocenters. The van der Waals surface area contributed by atoms with Gasteiger partial charge in [0.1, 0.15) is 5.75 Å². The van der Waals surface area contributed by atoms with E-state index in [1.54, 1.807) is 18.9 Å². The predicted octanol–water partition coefficient (Wildman–Crippen LogP) is 4.59. The topological polar surface area (TPSA) is 38.3 Å². The first kappa shape index (κ1) is 19.0. The summed E-state index contributed by atoms with van der Waals surface area (Å²) in [4.78, 5) is 11.9. The Labute approximate surface area is 156 Å². The fraction of sp³-hybridized carbons (Fsp3) is 0.278. The SMILES string of the molecule is COc1ccc(CC(=O)NCCSCc2c(Cl)cccc2Cl)cc1. The highest BCUT2D eigenvalue weighted by Gasteiger charge is 2.06. The summed E-state index contributed by atoms with van der Waals surface area (Å²) < 4.78 is 5.10. The van der Waals surface area contributed by atoms with Gasteiger partial charge in [0.2, 0.25) is 5.91 Å². The highest BCUT2D eigenvalue weighted by molar-refractivity contribution is 7.98. The van der Waals surface area contributed by atoms with Crippen LogP contribution in [-0.4, -0.2) is 25.3 Å². The summed E-state index contributed by atoms with van der Waals surface area (Å²) in [5.74, 6) is 2.33. The molecule has 1 amide bonds. The predicted molar refractivity (Wildman–Crippen MR) is 102 cm³/mol. The van der Waals surface area contributed by atoms with Crippen molar-refractivity contribution in [2.45, 2.75) is 12.2 Å². The van der Waals surface area contributed by atoms with Crippen LogP contribution in [0.15, 0.2) is 42.5 Å². The van der Waals surface area contributed by atoms with Crippen LogP contribution in [0.3, 0.4) is 0 Å². The molecule has 0 heterocycles. The lowest BCUT2D eigenvalue weighted by atomic mass is 10.1. The Kier molecular flexibility index (Phi) is 7.76. The number of benzene rings is 2. The minimum Gasteiger partial charge on any atom is -0.497 e. The van der Waals surface area contributed by atoms with E-state index < -0.39 is 0 Å². The third kappa shape index (κ3) is 5.93. The van der Waals surface area contributed by atoms with E-state index >= 15 is 0 Å². The number of hydrogen-bond acceptors (Lipinski definition) is 3. The van der Waals surface area contributed by atoms with Crippen molar-refractivity contribution in [2.75, 3.05) is 19.4 Å². The minimum atomic E-state index is 0.0107. The molecule has 0 aromatic heterocycles. The number of ether oxygens (including phenoxy) is 1. The highest BCUT2D eigenvalue weighted by atomic mass is 35.5. The Bertz CT molecular complexity index is 657. The number of hydrogen-bond donors (Lipinski definition) is 1. The summed E-state index contributed by atoms with van der Waals surface area (Å²) in [7, 11) is 1.62. The van der Waals surface area contributed by atoms with Crippen LogP contribution in [0.2, 0.25) is 10.0 Å². The van der Waals surface area contributed by atoms with Gasteiger partial charge in [-0.05, 0) is 35.4 Å². The zero-order valence-corrected chi connectivity index (χ0v) is 15.7. The molecule has 24 heavy (non-hydrogen) atoms. The van der Waals surface area contributed by atoms with Crippen LogP contribution in [0.25, 0.3) is 0 Å². The van der Waals surface area contributed by atoms with Gasteiger partial charge >= 0.3 is 0 Å². The van der Waals surface area contributed by atoms with Gasteiger partial charge in [-0.15, -0.1) is 0 Å². The van der Waals surface area contributed by atoms with Gasteiger partial charge in [0.15, 0.2) is 0 Å². The number of thioether (sulfide) groups is 1. The van der Waals surface area contributed by atoms with Gasteiger partial charge in [-0.1, -0.05) is 41.4 Å². The number of methoxy groups -OCH3 is 1. The molecule has 0 bridgehead atoms. The molecule has 0 fully saturated rings. The number of carbonyl (C=O) groups is 1. The molecule has 2 rings (SSSR count). The lowest BCUT2D eigenvalue weighted by Gasteiger charge is -2.08. The number of amides is 1. The lowest BCUT2D eigenvalue weighted by Crippen LogP contribution is -2.27. The second-order valence-corrected chi connectivity index (χ2v) is 7.05. The standard InChI is InChI=1S/C18H19Cl2NO2S/c1-23-14-7-5-13(6-8-14)11-18(22)21-9-10-24-12-15-16(19)3-2-4-17(15)20/h2-8H,9-12H2,1H3,(H,21,22).